The van der Waals surface area contributed by atoms with Crippen LogP contribution in [0.4, 0.5) is 0 Å². The van der Waals surface area contributed by atoms with Crippen LogP contribution in [-0.2, 0) is 16.0 Å². The van der Waals surface area contributed by atoms with Crippen LogP contribution in [-0.4, -0.2) is 29.5 Å². The Kier molecular flexibility index (Phi) is 3.08. The molecular formula is C14H16O3S. The second-order valence-corrected chi connectivity index (χ2v) is 6.49. The molecule has 1 aromatic rings. The molecule has 1 aromatic carbocycles. The highest BCUT2D eigenvalue weighted by Gasteiger charge is 2.45. The van der Waals surface area contributed by atoms with Gasteiger partial charge in [0.25, 0.3) is 0 Å². The Morgan fingerprint density at radius 3 is 3.00 bits per heavy atom. The fourth-order valence-electron chi connectivity index (χ4n) is 2.83. The molecule has 3 nitrogen and oxygen atoms in total. The van der Waals surface area contributed by atoms with Gasteiger partial charge in [0.2, 0.25) is 0 Å². The normalized spacial score (nSPS) is 30.3. The van der Waals surface area contributed by atoms with E-state index in [2.05, 4.69) is 12.1 Å². The van der Waals surface area contributed by atoms with Crippen molar-refractivity contribution in [2.75, 3.05) is 13.2 Å². The molecule has 2 unspecified atom stereocenters. The van der Waals surface area contributed by atoms with Gasteiger partial charge in [0.15, 0.2) is 0 Å². The van der Waals surface area contributed by atoms with E-state index in [0.29, 0.717) is 31.3 Å². The molecule has 2 heterocycles. The zero-order valence-electron chi connectivity index (χ0n) is 10.1. The third kappa shape index (κ3) is 2.04. The number of thioether (sulfide) groups is 1. The maximum absolute atomic E-state index is 11.5. The lowest BCUT2D eigenvalue weighted by Gasteiger charge is -2.24. The van der Waals surface area contributed by atoms with E-state index < -0.39 is 11.4 Å². The molecule has 0 spiro atoms. The Labute approximate surface area is 111 Å². The second kappa shape index (κ2) is 4.59. The number of hydrogen-bond acceptors (Lipinski definition) is 3. The van der Waals surface area contributed by atoms with Gasteiger partial charge in [-0.25, -0.2) is 0 Å². The minimum Gasteiger partial charge on any atom is -0.481 e. The van der Waals surface area contributed by atoms with Crippen molar-refractivity contribution in [3.63, 3.8) is 0 Å². The molecule has 0 aliphatic carbocycles. The van der Waals surface area contributed by atoms with Gasteiger partial charge < -0.3 is 9.84 Å². The summed E-state index contributed by atoms with van der Waals surface area (Å²) in [4.78, 5) is 12.8. The Balaban J connectivity index is 1.73. The second-order valence-electron chi connectivity index (χ2n) is 5.14. The average molecular weight is 264 g/mol. The molecule has 3 rings (SSSR count). The average Bonchev–Trinajstić information content (AvgIpc) is 2.95. The van der Waals surface area contributed by atoms with E-state index in [-0.39, 0.29) is 0 Å². The summed E-state index contributed by atoms with van der Waals surface area (Å²) in [5.74, 6) is -0.698. The van der Waals surface area contributed by atoms with E-state index in [1.807, 2.05) is 23.9 Å². The van der Waals surface area contributed by atoms with Crippen molar-refractivity contribution < 1.29 is 14.6 Å². The third-order valence-corrected chi connectivity index (χ3v) is 5.21. The largest absolute Gasteiger partial charge is 0.481 e. The smallest absolute Gasteiger partial charge is 0.312 e. The standard InChI is InChI=1S/C14H16O3S/c15-13(16)14(5-6-17-9-14)8-11-7-10-3-1-2-4-12(10)18-11/h1-4,11H,5-9H2,(H,15,16). The van der Waals surface area contributed by atoms with Gasteiger partial charge in [-0.2, -0.15) is 0 Å². The lowest BCUT2D eigenvalue weighted by molar-refractivity contribution is -0.149. The molecule has 0 aromatic heterocycles. The lowest BCUT2D eigenvalue weighted by atomic mass is 9.81. The predicted molar refractivity (Wildman–Crippen MR) is 69.9 cm³/mol. The van der Waals surface area contributed by atoms with Crippen LogP contribution in [0.5, 0.6) is 0 Å². The summed E-state index contributed by atoms with van der Waals surface area (Å²) in [6.45, 7) is 0.951. The Morgan fingerprint density at radius 1 is 1.50 bits per heavy atom. The van der Waals surface area contributed by atoms with Crippen LogP contribution < -0.4 is 0 Å². The summed E-state index contributed by atoms with van der Waals surface area (Å²) in [7, 11) is 0. The highest BCUT2D eigenvalue weighted by Crippen LogP contribution is 2.44. The SMILES string of the molecule is O=C(O)C1(CC2Cc3ccccc3S2)CCOC1. The molecule has 1 N–H and O–H groups in total. The van der Waals surface area contributed by atoms with E-state index in [1.165, 1.54) is 10.5 Å². The first-order chi connectivity index (χ1) is 8.70. The summed E-state index contributed by atoms with van der Waals surface area (Å²) in [6.07, 6.45) is 2.34. The molecule has 2 atom stereocenters. The number of fused-ring (bicyclic) bond motifs is 1. The van der Waals surface area contributed by atoms with Crippen LogP contribution in [0.2, 0.25) is 0 Å². The number of aliphatic carboxylic acids is 1. The zero-order valence-corrected chi connectivity index (χ0v) is 10.9. The van der Waals surface area contributed by atoms with Crippen molar-refractivity contribution in [2.24, 2.45) is 5.41 Å². The number of carbonyl (C=O) groups is 1. The number of carboxylic acid groups (broad SMARTS) is 1. The molecule has 18 heavy (non-hydrogen) atoms. The summed E-state index contributed by atoms with van der Waals surface area (Å²) in [5, 5.41) is 9.83. The quantitative estimate of drug-likeness (QED) is 0.911. The van der Waals surface area contributed by atoms with Crippen LogP contribution >= 0.6 is 11.8 Å². The molecular weight excluding hydrogens is 248 g/mol. The van der Waals surface area contributed by atoms with E-state index >= 15 is 0 Å². The Bertz CT molecular complexity index is 441. The van der Waals surface area contributed by atoms with E-state index in [0.717, 1.165) is 6.42 Å². The summed E-state index contributed by atoms with van der Waals surface area (Å²) in [6, 6.07) is 8.35. The lowest BCUT2D eigenvalue weighted by Crippen LogP contribution is -2.34. The van der Waals surface area contributed by atoms with Gasteiger partial charge in [-0.3, -0.25) is 4.79 Å². The Morgan fingerprint density at radius 2 is 2.33 bits per heavy atom. The van der Waals surface area contributed by atoms with Crippen LogP contribution in [0, 0.1) is 5.41 Å². The van der Waals surface area contributed by atoms with Crippen LogP contribution in [0.3, 0.4) is 0 Å². The monoisotopic (exact) mass is 264 g/mol. The number of carboxylic acids is 1. The van der Waals surface area contributed by atoms with Gasteiger partial charge >= 0.3 is 5.97 Å². The number of ether oxygens (including phenoxy) is 1. The summed E-state index contributed by atoms with van der Waals surface area (Å²) < 4.78 is 5.32. The minimum absolute atomic E-state index is 0.371. The van der Waals surface area contributed by atoms with Crippen molar-refractivity contribution >= 4 is 17.7 Å². The maximum Gasteiger partial charge on any atom is 0.312 e. The maximum atomic E-state index is 11.5. The zero-order chi connectivity index (χ0) is 12.6. The van der Waals surface area contributed by atoms with Crippen molar-refractivity contribution in [3.05, 3.63) is 29.8 Å². The summed E-state index contributed by atoms with van der Waals surface area (Å²) >= 11 is 1.82. The van der Waals surface area contributed by atoms with Crippen molar-refractivity contribution in [2.45, 2.75) is 29.4 Å². The summed E-state index contributed by atoms with van der Waals surface area (Å²) in [5.41, 5.74) is 0.701. The molecule has 0 radical (unpaired) electrons. The third-order valence-electron chi connectivity index (χ3n) is 3.89. The van der Waals surface area contributed by atoms with Crippen LogP contribution in [0.15, 0.2) is 29.2 Å². The topological polar surface area (TPSA) is 46.5 Å². The van der Waals surface area contributed by atoms with E-state index in [9.17, 15) is 9.90 Å². The fraction of sp³-hybridized carbons (Fsp3) is 0.500. The van der Waals surface area contributed by atoms with Gasteiger partial charge in [0.1, 0.15) is 0 Å². The molecule has 96 valence electrons. The molecule has 2 aliphatic heterocycles. The van der Waals surface area contributed by atoms with Crippen LogP contribution in [0.25, 0.3) is 0 Å². The van der Waals surface area contributed by atoms with Gasteiger partial charge in [-0.15, -0.1) is 11.8 Å². The fourth-order valence-corrected chi connectivity index (χ4v) is 4.31. The van der Waals surface area contributed by atoms with Crippen molar-refractivity contribution in [3.8, 4) is 0 Å². The molecule has 0 amide bonds. The minimum atomic E-state index is -0.698. The molecule has 0 bridgehead atoms. The molecule has 2 aliphatic rings. The van der Waals surface area contributed by atoms with Crippen LogP contribution in [0.1, 0.15) is 18.4 Å². The number of rotatable bonds is 3. The van der Waals surface area contributed by atoms with Gasteiger partial charge in [-0.05, 0) is 30.9 Å². The molecule has 0 saturated carbocycles. The number of hydrogen-bond donors (Lipinski definition) is 1. The van der Waals surface area contributed by atoms with E-state index in [4.69, 9.17) is 4.74 Å². The van der Waals surface area contributed by atoms with Gasteiger partial charge in [0, 0.05) is 16.8 Å². The molecule has 1 fully saturated rings. The van der Waals surface area contributed by atoms with Gasteiger partial charge in [0.05, 0.1) is 12.0 Å². The van der Waals surface area contributed by atoms with Gasteiger partial charge in [-0.1, -0.05) is 18.2 Å². The highest BCUT2D eigenvalue weighted by atomic mass is 32.2. The molecule has 4 heteroatoms. The first kappa shape index (κ1) is 12.1. The highest BCUT2D eigenvalue weighted by molar-refractivity contribution is 8.00. The predicted octanol–water partition coefficient (Wildman–Crippen LogP) is 2.58. The molecule has 1 saturated heterocycles. The van der Waals surface area contributed by atoms with Crippen molar-refractivity contribution in [1.29, 1.82) is 0 Å². The van der Waals surface area contributed by atoms with E-state index in [1.54, 1.807) is 0 Å². The van der Waals surface area contributed by atoms with Crippen molar-refractivity contribution in [1.82, 2.24) is 0 Å². The first-order valence-electron chi connectivity index (χ1n) is 6.25. The number of benzene rings is 1. The Hall–Kier alpha value is -1.00. The first-order valence-corrected chi connectivity index (χ1v) is 7.13.